The van der Waals surface area contributed by atoms with Crippen LogP contribution in [0, 0.1) is 0 Å². The van der Waals surface area contributed by atoms with Crippen LogP contribution in [0.25, 0.3) is 11.1 Å². The van der Waals surface area contributed by atoms with Crippen molar-refractivity contribution in [3.8, 4) is 11.1 Å². The van der Waals surface area contributed by atoms with Gasteiger partial charge in [-0.05, 0) is 56.0 Å². The van der Waals surface area contributed by atoms with Crippen LogP contribution in [0.3, 0.4) is 0 Å². The zero-order valence-electron chi connectivity index (χ0n) is 23.1. The smallest absolute Gasteiger partial charge is 0.410 e. The summed E-state index contributed by atoms with van der Waals surface area (Å²) >= 11 is 0. The first kappa shape index (κ1) is 28.7. The fraction of sp³-hybridized carbons (Fsp3) is 0.355. The summed E-state index contributed by atoms with van der Waals surface area (Å²) in [5, 5.41) is 10.8. The molecule has 1 amide bonds. The van der Waals surface area contributed by atoms with Crippen molar-refractivity contribution in [2.75, 3.05) is 39.2 Å². The van der Waals surface area contributed by atoms with Crippen molar-refractivity contribution in [2.24, 2.45) is 0 Å². The van der Waals surface area contributed by atoms with Crippen LogP contribution in [-0.4, -0.2) is 62.0 Å². The third-order valence-corrected chi connectivity index (χ3v) is 6.07. The Hall–Kier alpha value is -3.84. The summed E-state index contributed by atoms with van der Waals surface area (Å²) in [6, 6.07) is 22.9. The molecule has 0 bridgehead atoms. The number of rotatable bonds is 9. The van der Waals surface area contributed by atoms with E-state index in [9.17, 15) is 14.7 Å². The Morgan fingerprint density at radius 3 is 2.18 bits per heavy atom. The lowest BCUT2D eigenvalue weighted by Gasteiger charge is -2.29. The number of nitrogens with zero attached hydrogens (tertiary/aromatic N) is 2. The van der Waals surface area contributed by atoms with E-state index in [0.717, 1.165) is 27.9 Å². The number of hydrogen-bond donors (Lipinski definition) is 1. The van der Waals surface area contributed by atoms with E-state index < -0.39 is 17.8 Å². The molecule has 0 unspecified atom stereocenters. The summed E-state index contributed by atoms with van der Waals surface area (Å²) in [6.07, 6.45) is -0.669. The maximum Gasteiger partial charge on any atom is 0.410 e. The lowest BCUT2D eigenvalue weighted by atomic mass is 9.99. The largest absolute Gasteiger partial charge is 0.465 e. The second-order valence-electron chi connectivity index (χ2n) is 10.4. The molecule has 0 aliphatic rings. The molecule has 0 aromatic heterocycles. The minimum atomic E-state index is -0.816. The van der Waals surface area contributed by atoms with E-state index in [1.165, 1.54) is 7.11 Å². The molecule has 0 saturated carbocycles. The average molecular weight is 519 g/mol. The van der Waals surface area contributed by atoms with Crippen LogP contribution in [0.2, 0.25) is 0 Å². The van der Waals surface area contributed by atoms with Gasteiger partial charge in [-0.15, -0.1) is 0 Å². The lowest BCUT2D eigenvalue weighted by Crippen LogP contribution is -2.40. The normalized spacial score (nSPS) is 12.0. The second-order valence-corrected chi connectivity index (χ2v) is 10.4. The van der Waals surface area contributed by atoms with Gasteiger partial charge in [-0.25, -0.2) is 9.59 Å². The van der Waals surface area contributed by atoms with Crippen molar-refractivity contribution in [2.45, 2.75) is 38.9 Å². The Kier molecular flexibility index (Phi) is 9.53. The summed E-state index contributed by atoms with van der Waals surface area (Å²) < 4.78 is 10.5. The number of amides is 1. The van der Waals surface area contributed by atoms with E-state index in [-0.39, 0.29) is 12.5 Å². The van der Waals surface area contributed by atoms with Gasteiger partial charge in [-0.1, -0.05) is 60.7 Å². The van der Waals surface area contributed by atoms with Crippen LogP contribution in [0.5, 0.6) is 0 Å². The number of aliphatic hydroxyl groups excluding tert-OH is 1. The Labute approximate surface area is 225 Å². The molecule has 38 heavy (non-hydrogen) atoms. The van der Waals surface area contributed by atoms with Crippen molar-refractivity contribution in [1.82, 2.24) is 4.90 Å². The molecule has 7 heteroatoms. The molecule has 0 fully saturated rings. The quantitative estimate of drug-likeness (QED) is 0.365. The molecule has 7 nitrogen and oxygen atoms in total. The van der Waals surface area contributed by atoms with E-state index in [0.29, 0.717) is 18.5 Å². The summed E-state index contributed by atoms with van der Waals surface area (Å²) in [5.74, 6) is -0.373. The maximum atomic E-state index is 12.9. The third kappa shape index (κ3) is 7.83. The first-order valence-electron chi connectivity index (χ1n) is 12.7. The predicted octanol–water partition coefficient (Wildman–Crippen LogP) is 5.72. The van der Waals surface area contributed by atoms with Gasteiger partial charge < -0.3 is 24.4 Å². The van der Waals surface area contributed by atoms with E-state index in [1.54, 1.807) is 11.0 Å². The fourth-order valence-electron chi connectivity index (χ4n) is 4.08. The molecular weight excluding hydrogens is 480 g/mol. The highest BCUT2D eigenvalue weighted by Crippen LogP contribution is 2.31. The Morgan fingerprint density at radius 1 is 0.947 bits per heavy atom. The lowest BCUT2D eigenvalue weighted by molar-refractivity contribution is 0.0147. The fourth-order valence-corrected chi connectivity index (χ4v) is 4.08. The van der Waals surface area contributed by atoms with Crippen LogP contribution in [0.15, 0.2) is 72.8 Å². The van der Waals surface area contributed by atoms with Gasteiger partial charge >= 0.3 is 12.1 Å². The molecule has 202 valence electrons. The molecule has 3 aromatic carbocycles. The number of esters is 1. The van der Waals surface area contributed by atoms with E-state index in [1.807, 2.05) is 106 Å². The van der Waals surface area contributed by atoms with Crippen LogP contribution in [0.4, 0.5) is 10.5 Å². The first-order valence-corrected chi connectivity index (χ1v) is 12.7. The Bertz CT molecular complexity index is 1220. The van der Waals surface area contributed by atoms with Crippen molar-refractivity contribution < 1.29 is 24.2 Å². The number of anilines is 1. The van der Waals surface area contributed by atoms with Gasteiger partial charge in [0, 0.05) is 31.9 Å². The number of carbonyl (C=O) groups excluding carboxylic acids is 2. The summed E-state index contributed by atoms with van der Waals surface area (Å²) in [6.45, 7) is 6.02. The summed E-state index contributed by atoms with van der Waals surface area (Å²) in [5.41, 5.74) is 4.58. The van der Waals surface area contributed by atoms with Gasteiger partial charge in [0.05, 0.1) is 25.3 Å². The highest BCUT2D eigenvalue weighted by atomic mass is 16.6. The third-order valence-electron chi connectivity index (χ3n) is 6.07. The van der Waals surface area contributed by atoms with Gasteiger partial charge in [0.15, 0.2) is 0 Å². The Balaban J connectivity index is 1.76. The predicted molar refractivity (Wildman–Crippen MR) is 150 cm³/mol. The van der Waals surface area contributed by atoms with Gasteiger partial charge in [-0.3, -0.25) is 0 Å². The minimum Gasteiger partial charge on any atom is -0.465 e. The first-order chi connectivity index (χ1) is 18.0. The van der Waals surface area contributed by atoms with Gasteiger partial charge in [0.25, 0.3) is 0 Å². The Morgan fingerprint density at radius 2 is 1.61 bits per heavy atom. The molecule has 0 spiro atoms. The van der Waals surface area contributed by atoms with Crippen molar-refractivity contribution in [3.63, 3.8) is 0 Å². The monoisotopic (exact) mass is 518 g/mol. The topological polar surface area (TPSA) is 79.3 Å². The number of aliphatic hydroxyl groups is 1. The molecular formula is C31H38N2O5. The van der Waals surface area contributed by atoms with E-state index in [4.69, 9.17) is 9.47 Å². The molecule has 1 N–H and O–H groups in total. The highest BCUT2D eigenvalue weighted by molar-refractivity contribution is 5.93. The van der Waals surface area contributed by atoms with Crippen molar-refractivity contribution in [1.29, 1.82) is 0 Å². The molecule has 0 aliphatic carbocycles. The molecule has 0 radical (unpaired) electrons. The van der Waals surface area contributed by atoms with Crippen molar-refractivity contribution in [3.05, 3.63) is 89.5 Å². The average Bonchev–Trinajstić information content (AvgIpc) is 2.89. The minimum absolute atomic E-state index is 0.135. The summed E-state index contributed by atoms with van der Waals surface area (Å²) in [4.78, 5) is 28.5. The van der Waals surface area contributed by atoms with Crippen LogP contribution < -0.4 is 4.90 Å². The molecule has 1 atom stereocenters. The second kappa shape index (κ2) is 12.6. The molecule has 0 aliphatic heterocycles. The number of ether oxygens (including phenoxy) is 2. The van der Waals surface area contributed by atoms with E-state index in [2.05, 4.69) is 0 Å². The highest BCUT2D eigenvalue weighted by Gasteiger charge is 2.24. The van der Waals surface area contributed by atoms with Gasteiger partial charge in [0.1, 0.15) is 5.60 Å². The summed E-state index contributed by atoms with van der Waals surface area (Å²) in [7, 11) is 5.24. The van der Waals surface area contributed by atoms with Crippen LogP contribution in [-0.2, 0) is 15.9 Å². The number of carbonyl (C=O) groups is 2. The van der Waals surface area contributed by atoms with Crippen molar-refractivity contribution >= 4 is 17.7 Å². The number of methoxy groups -OCH3 is 1. The zero-order valence-corrected chi connectivity index (χ0v) is 23.1. The SMILES string of the molecule is COC(=O)c1ccc(-c2ccc(CCN(C[C@H](O)c3ccccc3)C(=O)OC(C)(C)C)cc2)c(N(C)C)c1. The molecule has 3 aromatic rings. The van der Waals surface area contributed by atoms with Crippen LogP contribution >= 0.6 is 0 Å². The molecule has 0 saturated heterocycles. The number of hydrogen-bond acceptors (Lipinski definition) is 6. The van der Waals surface area contributed by atoms with Gasteiger partial charge in [0.2, 0.25) is 0 Å². The standard InChI is InChI=1S/C31H38N2O5/c1-31(2,3)38-30(36)33(21-28(34)24-10-8-7-9-11-24)19-18-22-12-14-23(15-13-22)26-17-16-25(29(35)37-6)20-27(26)32(4)5/h7-17,20,28,34H,18-19,21H2,1-6H3/t28-/m0/s1. The number of benzene rings is 3. The van der Waals surface area contributed by atoms with Gasteiger partial charge in [-0.2, -0.15) is 0 Å². The van der Waals surface area contributed by atoms with Crippen LogP contribution in [0.1, 0.15) is 48.4 Å². The molecule has 3 rings (SSSR count). The maximum absolute atomic E-state index is 12.9. The molecule has 0 heterocycles. The van der Waals surface area contributed by atoms with E-state index >= 15 is 0 Å². The zero-order chi connectivity index (χ0) is 27.9.